The molecule has 1 aromatic heterocycles. The van der Waals surface area contributed by atoms with Crippen LogP contribution in [0.1, 0.15) is 18.4 Å². The third-order valence-corrected chi connectivity index (χ3v) is 4.60. The number of benzene rings is 1. The zero-order valence-electron chi connectivity index (χ0n) is 14.1. The monoisotopic (exact) mass is 382 g/mol. The Balaban J connectivity index is 1.76. The van der Waals surface area contributed by atoms with E-state index in [1.807, 2.05) is 6.07 Å². The van der Waals surface area contributed by atoms with Gasteiger partial charge in [-0.1, -0.05) is 11.6 Å². The molecule has 0 atom stereocenters. The Kier molecular flexibility index (Phi) is 5.71. The van der Waals surface area contributed by atoms with Crippen molar-refractivity contribution < 1.29 is 9.47 Å². The van der Waals surface area contributed by atoms with Crippen molar-refractivity contribution in [2.24, 2.45) is 5.92 Å². The number of aromatic nitrogens is 2. The predicted molar refractivity (Wildman–Crippen MR) is 100 cm³/mol. The van der Waals surface area contributed by atoms with E-state index >= 15 is 0 Å². The molecule has 6 nitrogen and oxygen atoms in total. The van der Waals surface area contributed by atoms with Crippen LogP contribution in [0.5, 0.6) is 11.5 Å². The average molecular weight is 383 g/mol. The smallest absolute Gasteiger partial charge is 0.224 e. The Morgan fingerprint density at radius 3 is 2.64 bits per heavy atom. The lowest BCUT2D eigenvalue weighted by Crippen LogP contribution is -2.11. The van der Waals surface area contributed by atoms with Crippen LogP contribution >= 0.6 is 23.2 Å². The Bertz CT molecular complexity index is 754. The topological polar surface area (TPSA) is 68.3 Å². The van der Waals surface area contributed by atoms with Gasteiger partial charge < -0.3 is 20.1 Å². The molecular weight excluding hydrogens is 363 g/mol. The molecule has 0 bridgehead atoms. The van der Waals surface area contributed by atoms with Gasteiger partial charge in [0.05, 0.1) is 19.9 Å². The first-order valence-corrected chi connectivity index (χ1v) is 8.77. The van der Waals surface area contributed by atoms with E-state index in [0.717, 1.165) is 23.8 Å². The van der Waals surface area contributed by atoms with E-state index in [1.54, 1.807) is 26.5 Å². The number of halogens is 2. The van der Waals surface area contributed by atoms with Gasteiger partial charge in [0.15, 0.2) is 0 Å². The molecule has 3 rings (SSSR count). The predicted octanol–water partition coefficient (Wildman–Crippen LogP) is 4.23. The van der Waals surface area contributed by atoms with E-state index in [-0.39, 0.29) is 5.28 Å². The second-order valence-electron chi connectivity index (χ2n) is 5.88. The van der Waals surface area contributed by atoms with Crippen molar-refractivity contribution in [3.05, 3.63) is 34.2 Å². The van der Waals surface area contributed by atoms with Crippen molar-refractivity contribution in [1.29, 1.82) is 0 Å². The second kappa shape index (κ2) is 7.97. The van der Waals surface area contributed by atoms with Gasteiger partial charge in [-0.15, -0.1) is 0 Å². The van der Waals surface area contributed by atoms with Gasteiger partial charge in [0.2, 0.25) is 5.28 Å². The Hall–Kier alpha value is -1.92. The molecule has 0 unspecified atom stereocenters. The van der Waals surface area contributed by atoms with Gasteiger partial charge in [0.25, 0.3) is 0 Å². The lowest BCUT2D eigenvalue weighted by atomic mass is 10.2. The lowest BCUT2D eigenvalue weighted by Gasteiger charge is -2.15. The molecule has 1 aliphatic rings. The zero-order valence-corrected chi connectivity index (χ0v) is 15.6. The molecule has 1 aliphatic carbocycles. The molecule has 2 N–H and O–H groups in total. The number of nitrogens with zero attached hydrogens (tertiary/aromatic N) is 2. The quantitative estimate of drug-likeness (QED) is 0.665. The van der Waals surface area contributed by atoms with Gasteiger partial charge in [-0.2, -0.15) is 0 Å². The molecule has 0 radical (unpaired) electrons. The number of anilines is 2. The van der Waals surface area contributed by atoms with Gasteiger partial charge in [-0.05, 0) is 30.4 Å². The van der Waals surface area contributed by atoms with Gasteiger partial charge in [0, 0.05) is 37.0 Å². The van der Waals surface area contributed by atoms with Crippen LogP contribution in [0.2, 0.25) is 10.3 Å². The highest BCUT2D eigenvalue weighted by atomic mass is 35.5. The van der Waals surface area contributed by atoms with Crippen molar-refractivity contribution in [2.45, 2.75) is 19.4 Å². The maximum Gasteiger partial charge on any atom is 0.224 e. The van der Waals surface area contributed by atoms with Crippen LogP contribution in [0.25, 0.3) is 0 Å². The van der Waals surface area contributed by atoms with Crippen LogP contribution in [0.15, 0.2) is 18.3 Å². The Morgan fingerprint density at radius 2 is 1.96 bits per heavy atom. The summed E-state index contributed by atoms with van der Waals surface area (Å²) in [6.07, 6.45) is 4.24. The van der Waals surface area contributed by atoms with Gasteiger partial charge >= 0.3 is 0 Å². The molecule has 134 valence electrons. The lowest BCUT2D eigenvalue weighted by molar-refractivity contribution is 0.395. The van der Waals surface area contributed by atoms with Crippen molar-refractivity contribution in [1.82, 2.24) is 9.97 Å². The maximum atomic E-state index is 6.37. The molecule has 1 saturated carbocycles. The normalized spacial score (nSPS) is 13.4. The van der Waals surface area contributed by atoms with Crippen molar-refractivity contribution >= 4 is 34.7 Å². The first-order chi connectivity index (χ1) is 12.1. The zero-order chi connectivity index (χ0) is 17.8. The highest BCUT2D eigenvalue weighted by Crippen LogP contribution is 2.37. The van der Waals surface area contributed by atoms with E-state index in [1.165, 1.54) is 12.8 Å². The standard InChI is InChI=1S/C17H20Cl2N4O2/c1-24-12-5-13(15(18)14(6-12)25-2)20-8-11-9-22-17(19)23-16(11)21-7-10-3-4-10/h5-6,9-10,20H,3-4,7-8H2,1-2H3,(H,21,22,23). The van der Waals surface area contributed by atoms with Crippen LogP contribution in [-0.4, -0.2) is 30.7 Å². The molecule has 0 aliphatic heterocycles. The summed E-state index contributed by atoms with van der Waals surface area (Å²) < 4.78 is 10.6. The highest BCUT2D eigenvalue weighted by Gasteiger charge is 2.21. The van der Waals surface area contributed by atoms with Gasteiger partial charge in [-0.25, -0.2) is 9.97 Å². The van der Waals surface area contributed by atoms with Crippen molar-refractivity contribution in [2.75, 3.05) is 31.4 Å². The van der Waals surface area contributed by atoms with Crippen LogP contribution in [-0.2, 0) is 6.54 Å². The molecule has 0 saturated heterocycles. The Morgan fingerprint density at radius 1 is 1.16 bits per heavy atom. The largest absolute Gasteiger partial charge is 0.497 e. The summed E-state index contributed by atoms with van der Waals surface area (Å²) in [7, 11) is 3.16. The fourth-order valence-electron chi connectivity index (χ4n) is 2.39. The van der Waals surface area contributed by atoms with Crippen LogP contribution in [0.3, 0.4) is 0 Å². The van der Waals surface area contributed by atoms with Crippen molar-refractivity contribution in [3.8, 4) is 11.5 Å². The summed E-state index contributed by atoms with van der Waals surface area (Å²) in [6, 6.07) is 3.56. The van der Waals surface area contributed by atoms with Crippen LogP contribution < -0.4 is 20.1 Å². The van der Waals surface area contributed by atoms with E-state index in [9.17, 15) is 0 Å². The summed E-state index contributed by atoms with van der Waals surface area (Å²) in [5, 5.41) is 7.36. The third kappa shape index (κ3) is 4.58. The average Bonchev–Trinajstić information content (AvgIpc) is 3.44. The van der Waals surface area contributed by atoms with E-state index in [2.05, 4.69) is 20.6 Å². The first kappa shape index (κ1) is 17.9. The van der Waals surface area contributed by atoms with E-state index in [4.69, 9.17) is 32.7 Å². The molecule has 1 aromatic carbocycles. The number of hydrogen-bond acceptors (Lipinski definition) is 6. The summed E-state index contributed by atoms with van der Waals surface area (Å²) in [5.74, 6) is 2.67. The first-order valence-electron chi connectivity index (χ1n) is 8.01. The number of rotatable bonds is 8. The van der Waals surface area contributed by atoms with E-state index < -0.39 is 0 Å². The number of methoxy groups -OCH3 is 2. The molecule has 2 aromatic rings. The summed E-state index contributed by atoms with van der Waals surface area (Å²) >= 11 is 12.3. The van der Waals surface area contributed by atoms with Crippen molar-refractivity contribution in [3.63, 3.8) is 0 Å². The SMILES string of the molecule is COc1cc(NCc2cnc(Cl)nc2NCC2CC2)c(Cl)c(OC)c1. The highest BCUT2D eigenvalue weighted by molar-refractivity contribution is 6.34. The minimum atomic E-state index is 0.225. The van der Waals surface area contributed by atoms with E-state index in [0.29, 0.717) is 28.8 Å². The Labute approximate surface area is 156 Å². The molecule has 25 heavy (non-hydrogen) atoms. The summed E-state index contributed by atoms with van der Waals surface area (Å²) in [6.45, 7) is 1.38. The fourth-order valence-corrected chi connectivity index (χ4v) is 2.78. The maximum absolute atomic E-state index is 6.37. The third-order valence-electron chi connectivity index (χ3n) is 4.03. The van der Waals surface area contributed by atoms with Crippen LogP contribution in [0, 0.1) is 5.92 Å². The number of nitrogens with one attached hydrogen (secondary N) is 2. The molecule has 1 heterocycles. The molecule has 1 fully saturated rings. The number of ether oxygens (including phenoxy) is 2. The van der Waals surface area contributed by atoms with Gasteiger partial charge in [0.1, 0.15) is 22.3 Å². The van der Waals surface area contributed by atoms with Gasteiger partial charge in [-0.3, -0.25) is 0 Å². The minimum absolute atomic E-state index is 0.225. The van der Waals surface area contributed by atoms with Crippen LogP contribution in [0.4, 0.5) is 11.5 Å². The molecular formula is C17H20Cl2N4O2. The number of hydrogen-bond donors (Lipinski definition) is 2. The molecule has 8 heteroatoms. The second-order valence-corrected chi connectivity index (χ2v) is 6.60. The molecule has 0 spiro atoms. The molecule has 0 amide bonds. The summed E-state index contributed by atoms with van der Waals surface area (Å²) in [4.78, 5) is 8.37. The minimum Gasteiger partial charge on any atom is -0.497 e. The summed E-state index contributed by atoms with van der Waals surface area (Å²) in [5.41, 5.74) is 1.61. The fraction of sp³-hybridized carbons (Fsp3) is 0.412.